The second-order valence-electron chi connectivity index (χ2n) is 5.28. The fraction of sp³-hybridized carbons (Fsp3) is 0.643. The van der Waals surface area contributed by atoms with Crippen molar-refractivity contribution in [3.63, 3.8) is 0 Å². The quantitative estimate of drug-likeness (QED) is 0.910. The molecule has 0 saturated carbocycles. The van der Waals surface area contributed by atoms with Crippen LogP contribution < -0.4 is 0 Å². The number of carboxylic acid groups (broad SMARTS) is 1. The SMILES string of the molecule is CCC1(C(=O)O)CCN(C(C)c2ccc(C)s2)C1. The van der Waals surface area contributed by atoms with Gasteiger partial charge in [-0.15, -0.1) is 11.3 Å². The molecule has 0 amide bonds. The summed E-state index contributed by atoms with van der Waals surface area (Å²) in [5.41, 5.74) is -0.527. The minimum absolute atomic E-state index is 0.330. The van der Waals surface area contributed by atoms with Crippen LogP contribution in [0.15, 0.2) is 12.1 Å². The van der Waals surface area contributed by atoms with Gasteiger partial charge in [0.1, 0.15) is 0 Å². The molecular formula is C14H21NO2S. The fourth-order valence-corrected chi connectivity index (χ4v) is 3.67. The number of hydrogen-bond acceptors (Lipinski definition) is 3. The molecule has 1 N–H and O–H groups in total. The van der Waals surface area contributed by atoms with Crippen molar-refractivity contribution in [2.45, 2.75) is 39.7 Å². The number of likely N-dealkylation sites (tertiary alicyclic amines) is 1. The molecule has 0 spiro atoms. The summed E-state index contributed by atoms with van der Waals surface area (Å²) < 4.78 is 0. The van der Waals surface area contributed by atoms with Gasteiger partial charge in [0, 0.05) is 22.3 Å². The van der Waals surface area contributed by atoms with Crippen molar-refractivity contribution in [3.05, 3.63) is 21.9 Å². The van der Waals surface area contributed by atoms with Gasteiger partial charge < -0.3 is 5.11 Å². The monoisotopic (exact) mass is 267 g/mol. The molecule has 1 aliphatic heterocycles. The zero-order valence-electron chi connectivity index (χ0n) is 11.3. The van der Waals surface area contributed by atoms with E-state index in [9.17, 15) is 9.90 Å². The lowest BCUT2D eigenvalue weighted by molar-refractivity contribution is -0.148. The van der Waals surface area contributed by atoms with Gasteiger partial charge in [0.2, 0.25) is 0 Å². The lowest BCUT2D eigenvalue weighted by Crippen LogP contribution is -2.34. The van der Waals surface area contributed by atoms with E-state index < -0.39 is 11.4 Å². The van der Waals surface area contributed by atoms with Gasteiger partial charge in [-0.05, 0) is 45.4 Å². The Hall–Kier alpha value is -0.870. The summed E-state index contributed by atoms with van der Waals surface area (Å²) in [5.74, 6) is -0.637. The third kappa shape index (κ3) is 2.31. The van der Waals surface area contributed by atoms with Gasteiger partial charge >= 0.3 is 5.97 Å². The first kappa shape index (κ1) is 13.6. The third-order valence-corrected chi connectivity index (χ3v) is 5.41. The van der Waals surface area contributed by atoms with Crippen LogP contribution in [-0.2, 0) is 4.79 Å². The minimum atomic E-state index is -0.637. The van der Waals surface area contributed by atoms with E-state index in [1.807, 2.05) is 18.3 Å². The van der Waals surface area contributed by atoms with Crippen molar-refractivity contribution in [1.82, 2.24) is 4.90 Å². The average molecular weight is 267 g/mol. The van der Waals surface area contributed by atoms with Crippen LogP contribution in [0.2, 0.25) is 0 Å². The standard InChI is InChI=1S/C14H21NO2S/c1-4-14(13(16)17)7-8-15(9-14)11(3)12-6-5-10(2)18-12/h5-6,11H,4,7-9H2,1-3H3,(H,16,17). The van der Waals surface area contributed by atoms with E-state index in [0.29, 0.717) is 12.6 Å². The molecule has 0 bridgehead atoms. The maximum absolute atomic E-state index is 11.4. The van der Waals surface area contributed by atoms with Gasteiger partial charge in [0.05, 0.1) is 5.41 Å². The molecule has 100 valence electrons. The van der Waals surface area contributed by atoms with E-state index in [1.165, 1.54) is 9.75 Å². The normalized spacial score (nSPS) is 26.4. The topological polar surface area (TPSA) is 40.5 Å². The van der Waals surface area contributed by atoms with Gasteiger partial charge in [-0.25, -0.2) is 0 Å². The number of rotatable bonds is 4. The molecule has 1 aromatic heterocycles. The fourth-order valence-electron chi connectivity index (χ4n) is 2.71. The molecule has 0 aliphatic carbocycles. The van der Waals surface area contributed by atoms with Crippen LogP contribution in [0.3, 0.4) is 0 Å². The van der Waals surface area contributed by atoms with E-state index in [2.05, 4.69) is 30.9 Å². The van der Waals surface area contributed by atoms with Gasteiger partial charge in [-0.3, -0.25) is 9.69 Å². The summed E-state index contributed by atoms with van der Waals surface area (Å²) in [6.07, 6.45) is 1.49. The second kappa shape index (κ2) is 5.02. The summed E-state index contributed by atoms with van der Waals surface area (Å²) in [5, 5.41) is 9.41. The van der Waals surface area contributed by atoms with Crippen LogP contribution in [0, 0.1) is 12.3 Å². The van der Waals surface area contributed by atoms with Crippen LogP contribution in [0.4, 0.5) is 0 Å². The van der Waals surface area contributed by atoms with E-state index in [1.54, 1.807) is 0 Å². The number of carbonyl (C=O) groups is 1. The van der Waals surface area contributed by atoms with E-state index in [4.69, 9.17) is 0 Å². The molecule has 1 aliphatic rings. The first-order valence-electron chi connectivity index (χ1n) is 6.52. The number of nitrogens with zero attached hydrogens (tertiary/aromatic N) is 1. The molecule has 2 rings (SSSR count). The highest BCUT2D eigenvalue weighted by atomic mass is 32.1. The summed E-state index contributed by atoms with van der Waals surface area (Å²) in [6.45, 7) is 7.84. The molecule has 18 heavy (non-hydrogen) atoms. The first-order chi connectivity index (χ1) is 8.48. The summed E-state index contributed by atoms with van der Waals surface area (Å²) in [6, 6.07) is 4.63. The maximum atomic E-state index is 11.4. The van der Waals surface area contributed by atoms with E-state index >= 15 is 0 Å². The molecule has 1 aromatic rings. The van der Waals surface area contributed by atoms with Crippen LogP contribution in [0.1, 0.15) is 42.5 Å². The molecule has 2 atom stereocenters. The lowest BCUT2D eigenvalue weighted by Gasteiger charge is -2.26. The number of thiophene rings is 1. The van der Waals surface area contributed by atoms with Crippen molar-refractivity contribution in [1.29, 1.82) is 0 Å². The van der Waals surface area contributed by atoms with Crippen LogP contribution in [0.5, 0.6) is 0 Å². The molecule has 2 heterocycles. The Kier molecular flexibility index (Phi) is 3.78. The lowest BCUT2D eigenvalue weighted by atomic mass is 9.84. The van der Waals surface area contributed by atoms with E-state index in [-0.39, 0.29) is 0 Å². The van der Waals surface area contributed by atoms with Gasteiger partial charge in [0.15, 0.2) is 0 Å². The average Bonchev–Trinajstić information content (AvgIpc) is 2.95. The Balaban J connectivity index is 2.11. The smallest absolute Gasteiger partial charge is 0.310 e. The van der Waals surface area contributed by atoms with Crippen LogP contribution in [0.25, 0.3) is 0 Å². The molecule has 3 nitrogen and oxygen atoms in total. The molecule has 0 radical (unpaired) electrons. The largest absolute Gasteiger partial charge is 0.481 e. The van der Waals surface area contributed by atoms with Gasteiger partial charge in [0.25, 0.3) is 0 Å². The molecule has 4 heteroatoms. The Labute approximate surface area is 112 Å². The van der Waals surface area contributed by atoms with Crippen molar-refractivity contribution >= 4 is 17.3 Å². The maximum Gasteiger partial charge on any atom is 0.310 e. The molecular weight excluding hydrogens is 246 g/mol. The first-order valence-corrected chi connectivity index (χ1v) is 7.34. The zero-order chi connectivity index (χ0) is 13.3. The number of aliphatic carboxylic acids is 1. The van der Waals surface area contributed by atoms with Gasteiger partial charge in [-0.2, -0.15) is 0 Å². The highest BCUT2D eigenvalue weighted by molar-refractivity contribution is 7.12. The van der Waals surface area contributed by atoms with Crippen molar-refractivity contribution in [2.75, 3.05) is 13.1 Å². The van der Waals surface area contributed by atoms with Crippen molar-refractivity contribution in [2.24, 2.45) is 5.41 Å². The zero-order valence-corrected chi connectivity index (χ0v) is 12.1. The summed E-state index contributed by atoms with van der Waals surface area (Å²) in [7, 11) is 0. The predicted octanol–water partition coefficient (Wildman–Crippen LogP) is 3.30. The van der Waals surface area contributed by atoms with Crippen LogP contribution >= 0.6 is 11.3 Å². The Morgan fingerprint density at radius 3 is 2.78 bits per heavy atom. The number of hydrogen-bond donors (Lipinski definition) is 1. The van der Waals surface area contributed by atoms with Crippen molar-refractivity contribution in [3.8, 4) is 0 Å². The summed E-state index contributed by atoms with van der Waals surface area (Å²) >= 11 is 1.81. The Bertz CT molecular complexity index is 443. The Morgan fingerprint density at radius 2 is 2.33 bits per heavy atom. The van der Waals surface area contributed by atoms with Crippen molar-refractivity contribution < 1.29 is 9.90 Å². The Morgan fingerprint density at radius 1 is 1.61 bits per heavy atom. The molecule has 2 unspecified atom stereocenters. The van der Waals surface area contributed by atoms with Gasteiger partial charge in [-0.1, -0.05) is 6.92 Å². The highest BCUT2D eigenvalue weighted by Crippen LogP contribution is 2.39. The molecule has 1 saturated heterocycles. The highest BCUT2D eigenvalue weighted by Gasteiger charge is 2.44. The predicted molar refractivity (Wildman–Crippen MR) is 74.0 cm³/mol. The van der Waals surface area contributed by atoms with Crippen LogP contribution in [-0.4, -0.2) is 29.1 Å². The second-order valence-corrected chi connectivity index (χ2v) is 6.60. The summed E-state index contributed by atoms with van der Waals surface area (Å²) in [4.78, 5) is 16.4. The molecule has 0 aromatic carbocycles. The third-order valence-electron chi connectivity index (χ3n) is 4.23. The number of aryl methyl sites for hydroxylation is 1. The minimum Gasteiger partial charge on any atom is -0.481 e. The number of carboxylic acids is 1. The van der Waals surface area contributed by atoms with E-state index in [0.717, 1.165) is 19.4 Å². The molecule has 1 fully saturated rings.